The van der Waals surface area contributed by atoms with E-state index in [-0.39, 0.29) is 0 Å². The quantitative estimate of drug-likeness (QED) is 0.765. The van der Waals surface area contributed by atoms with Gasteiger partial charge in [0.05, 0.1) is 17.9 Å². The van der Waals surface area contributed by atoms with Crippen LogP contribution in [0.1, 0.15) is 5.69 Å². The van der Waals surface area contributed by atoms with E-state index in [1.165, 1.54) is 6.33 Å². The van der Waals surface area contributed by atoms with Crippen molar-refractivity contribution in [2.24, 2.45) is 0 Å². The predicted octanol–water partition coefficient (Wildman–Crippen LogP) is 1.67. The molecule has 0 aliphatic carbocycles. The molecule has 0 aliphatic rings. The molecule has 0 bridgehead atoms. The van der Waals surface area contributed by atoms with Crippen LogP contribution in [0.5, 0.6) is 0 Å². The lowest BCUT2D eigenvalue weighted by Crippen LogP contribution is -2.07. The zero-order chi connectivity index (χ0) is 12.9. The van der Waals surface area contributed by atoms with Crippen molar-refractivity contribution in [3.8, 4) is 5.82 Å². The van der Waals surface area contributed by atoms with Gasteiger partial charge < -0.3 is 5.32 Å². The smallest absolute Gasteiger partial charge is 0.178 e. The average Bonchev–Trinajstić information content (AvgIpc) is 3.01. The fourth-order valence-corrected chi connectivity index (χ4v) is 1.72. The fourth-order valence-electron chi connectivity index (χ4n) is 1.72. The van der Waals surface area contributed by atoms with E-state index in [2.05, 4.69) is 25.4 Å². The Kier molecular flexibility index (Phi) is 3.14. The van der Waals surface area contributed by atoms with E-state index in [1.807, 2.05) is 30.3 Å². The van der Waals surface area contributed by atoms with Gasteiger partial charge in [-0.15, -0.1) is 0 Å². The largest absolute Gasteiger partial charge is 0.376 e. The summed E-state index contributed by atoms with van der Waals surface area (Å²) >= 11 is 0. The van der Waals surface area contributed by atoms with Crippen molar-refractivity contribution in [2.45, 2.75) is 6.54 Å². The van der Waals surface area contributed by atoms with Crippen LogP contribution in [-0.2, 0) is 6.54 Å². The summed E-state index contributed by atoms with van der Waals surface area (Å²) in [7, 11) is 0. The van der Waals surface area contributed by atoms with Gasteiger partial charge in [0.25, 0.3) is 0 Å². The van der Waals surface area contributed by atoms with Crippen molar-refractivity contribution in [1.82, 2.24) is 24.7 Å². The number of hydrogen-bond donors (Lipinski definition) is 1. The van der Waals surface area contributed by atoms with Crippen LogP contribution in [-0.4, -0.2) is 24.7 Å². The fraction of sp³-hybridized carbons (Fsp3) is 0.0769. The van der Waals surface area contributed by atoms with Crippen LogP contribution in [0.15, 0.2) is 55.4 Å². The Morgan fingerprint density at radius 3 is 2.79 bits per heavy atom. The number of nitrogens with one attached hydrogen (secondary N) is 1. The molecule has 0 saturated carbocycles. The lowest BCUT2D eigenvalue weighted by molar-refractivity contribution is 0.843. The zero-order valence-electron chi connectivity index (χ0n) is 10.1. The maximum absolute atomic E-state index is 4.31. The van der Waals surface area contributed by atoms with Crippen molar-refractivity contribution in [3.05, 3.63) is 61.1 Å². The van der Waals surface area contributed by atoms with E-state index in [0.29, 0.717) is 6.54 Å². The lowest BCUT2D eigenvalue weighted by Gasteiger charge is -2.09. The number of hydrogen-bond acceptors (Lipinski definition) is 5. The van der Waals surface area contributed by atoms with Crippen molar-refractivity contribution >= 4 is 5.69 Å². The number of rotatable bonds is 4. The Morgan fingerprint density at radius 2 is 2.00 bits per heavy atom. The lowest BCUT2D eigenvalue weighted by atomic mass is 10.3. The first-order valence-corrected chi connectivity index (χ1v) is 5.87. The second-order valence-corrected chi connectivity index (χ2v) is 3.89. The molecular weight excluding hydrogens is 240 g/mol. The third kappa shape index (κ3) is 2.57. The molecule has 0 fully saturated rings. The number of pyridine rings is 2. The summed E-state index contributed by atoms with van der Waals surface area (Å²) in [5.41, 5.74) is 1.86. The third-order valence-electron chi connectivity index (χ3n) is 2.61. The van der Waals surface area contributed by atoms with Gasteiger partial charge in [0.15, 0.2) is 5.82 Å². The highest BCUT2D eigenvalue weighted by molar-refractivity contribution is 5.56. The Morgan fingerprint density at radius 1 is 1.05 bits per heavy atom. The van der Waals surface area contributed by atoms with Crippen LogP contribution < -0.4 is 5.32 Å². The van der Waals surface area contributed by atoms with Crippen LogP contribution in [0.25, 0.3) is 5.82 Å². The molecule has 3 aromatic rings. The van der Waals surface area contributed by atoms with Gasteiger partial charge in [0, 0.05) is 12.4 Å². The first kappa shape index (κ1) is 11.3. The second kappa shape index (κ2) is 5.26. The van der Waals surface area contributed by atoms with E-state index in [1.54, 1.807) is 23.4 Å². The molecule has 3 aromatic heterocycles. The van der Waals surface area contributed by atoms with Crippen molar-refractivity contribution in [1.29, 1.82) is 0 Å². The molecular formula is C13H12N6. The highest BCUT2D eigenvalue weighted by Crippen LogP contribution is 2.16. The highest BCUT2D eigenvalue weighted by atomic mass is 15.3. The summed E-state index contributed by atoms with van der Waals surface area (Å²) < 4.78 is 1.63. The van der Waals surface area contributed by atoms with Crippen LogP contribution >= 0.6 is 0 Å². The molecule has 6 heteroatoms. The molecule has 6 nitrogen and oxygen atoms in total. The summed E-state index contributed by atoms with van der Waals surface area (Å²) in [6.45, 7) is 0.633. The summed E-state index contributed by atoms with van der Waals surface area (Å²) in [4.78, 5) is 12.5. The monoisotopic (exact) mass is 252 g/mol. The normalized spacial score (nSPS) is 10.3. The van der Waals surface area contributed by atoms with Crippen LogP contribution in [0, 0.1) is 0 Å². The molecule has 3 rings (SSSR count). The summed E-state index contributed by atoms with van der Waals surface area (Å²) in [6.07, 6.45) is 6.60. The topological polar surface area (TPSA) is 68.5 Å². The van der Waals surface area contributed by atoms with Crippen LogP contribution in [0.3, 0.4) is 0 Å². The third-order valence-corrected chi connectivity index (χ3v) is 2.61. The maximum Gasteiger partial charge on any atom is 0.178 e. The van der Waals surface area contributed by atoms with Crippen molar-refractivity contribution < 1.29 is 0 Å². The maximum atomic E-state index is 4.31. The van der Waals surface area contributed by atoms with E-state index in [0.717, 1.165) is 17.2 Å². The van der Waals surface area contributed by atoms with E-state index >= 15 is 0 Å². The summed E-state index contributed by atoms with van der Waals surface area (Å²) in [5.74, 6) is 0.718. The first-order chi connectivity index (χ1) is 9.43. The minimum atomic E-state index is 0.633. The van der Waals surface area contributed by atoms with Crippen LogP contribution in [0.4, 0.5) is 5.69 Å². The molecule has 0 saturated heterocycles. The van der Waals surface area contributed by atoms with Crippen molar-refractivity contribution in [3.63, 3.8) is 0 Å². The Labute approximate surface area is 110 Å². The Balaban J connectivity index is 1.82. The Bertz CT molecular complexity index is 635. The number of nitrogens with zero attached hydrogens (tertiary/aromatic N) is 5. The predicted molar refractivity (Wildman–Crippen MR) is 70.7 cm³/mol. The molecule has 0 atom stereocenters. The van der Waals surface area contributed by atoms with Gasteiger partial charge in [-0.25, -0.2) is 14.6 Å². The molecule has 0 amide bonds. The van der Waals surface area contributed by atoms with E-state index in [9.17, 15) is 0 Å². The summed E-state index contributed by atoms with van der Waals surface area (Å²) in [6, 6.07) is 9.66. The zero-order valence-corrected chi connectivity index (χ0v) is 10.1. The number of anilines is 1. The molecule has 0 aliphatic heterocycles. The molecule has 0 spiro atoms. The van der Waals surface area contributed by atoms with Gasteiger partial charge in [-0.3, -0.25) is 4.98 Å². The number of aromatic nitrogens is 5. The minimum Gasteiger partial charge on any atom is -0.376 e. The Hall–Kier alpha value is -2.76. The highest BCUT2D eigenvalue weighted by Gasteiger charge is 2.05. The molecule has 0 radical (unpaired) electrons. The summed E-state index contributed by atoms with van der Waals surface area (Å²) in [5, 5.41) is 7.39. The van der Waals surface area contributed by atoms with Gasteiger partial charge in [0.1, 0.15) is 12.7 Å². The molecule has 94 valence electrons. The molecule has 3 heterocycles. The van der Waals surface area contributed by atoms with Gasteiger partial charge in [-0.2, -0.15) is 5.10 Å². The average molecular weight is 252 g/mol. The van der Waals surface area contributed by atoms with Gasteiger partial charge in [-0.1, -0.05) is 6.07 Å². The first-order valence-electron chi connectivity index (χ1n) is 5.87. The van der Waals surface area contributed by atoms with Crippen LogP contribution in [0.2, 0.25) is 0 Å². The standard InChI is InChI=1S/C13H12N6/c1-2-6-15-11(4-1)8-17-12-5-3-7-16-13(12)19-10-14-9-18-19/h1-7,9-10,17H,8H2. The van der Waals surface area contributed by atoms with E-state index in [4.69, 9.17) is 0 Å². The van der Waals surface area contributed by atoms with Crippen molar-refractivity contribution in [2.75, 3.05) is 5.32 Å². The van der Waals surface area contributed by atoms with Gasteiger partial charge in [-0.05, 0) is 24.3 Å². The molecule has 0 unspecified atom stereocenters. The molecule has 0 aromatic carbocycles. The molecule has 1 N–H and O–H groups in total. The SMILES string of the molecule is c1ccc(CNc2cccnc2-n2cncn2)nc1. The van der Waals surface area contributed by atoms with Gasteiger partial charge >= 0.3 is 0 Å². The minimum absolute atomic E-state index is 0.633. The second-order valence-electron chi connectivity index (χ2n) is 3.89. The van der Waals surface area contributed by atoms with Gasteiger partial charge in [0.2, 0.25) is 0 Å². The molecule has 19 heavy (non-hydrogen) atoms. The van der Waals surface area contributed by atoms with E-state index < -0.39 is 0 Å².